The first-order chi connectivity index (χ1) is 7.77. The van der Waals surface area contributed by atoms with Gasteiger partial charge in [0.25, 0.3) is 5.91 Å². The SMILES string of the molecule is C=CCC(CCC)NC(=O)c1ccccc1. The number of rotatable bonds is 6. The van der Waals surface area contributed by atoms with Crippen molar-refractivity contribution in [3.05, 3.63) is 48.6 Å². The minimum absolute atomic E-state index is 0.000833. The fourth-order valence-electron chi connectivity index (χ4n) is 1.66. The highest BCUT2D eigenvalue weighted by Gasteiger charge is 2.10. The summed E-state index contributed by atoms with van der Waals surface area (Å²) < 4.78 is 0. The molecule has 86 valence electrons. The maximum absolute atomic E-state index is 11.9. The quantitative estimate of drug-likeness (QED) is 0.729. The Balaban J connectivity index is 2.57. The molecule has 2 heteroatoms. The Kier molecular flexibility index (Phi) is 5.34. The van der Waals surface area contributed by atoms with Gasteiger partial charge in [0.05, 0.1) is 0 Å². The van der Waals surface area contributed by atoms with Crippen molar-refractivity contribution in [1.29, 1.82) is 0 Å². The van der Waals surface area contributed by atoms with Gasteiger partial charge < -0.3 is 5.32 Å². The molecule has 1 atom stereocenters. The molecule has 0 aliphatic heterocycles. The lowest BCUT2D eigenvalue weighted by atomic mass is 10.1. The minimum Gasteiger partial charge on any atom is -0.349 e. The van der Waals surface area contributed by atoms with Gasteiger partial charge in [0.2, 0.25) is 0 Å². The molecule has 0 aromatic heterocycles. The van der Waals surface area contributed by atoms with E-state index in [4.69, 9.17) is 0 Å². The smallest absolute Gasteiger partial charge is 0.251 e. The van der Waals surface area contributed by atoms with Crippen molar-refractivity contribution in [1.82, 2.24) is 5.32 Å². The molecule has 2 nitrogen and oxygen atoms in total. The van der Waals surface area contributed by atoms with Gasteiger partial charge in [-0.15, -0.1) is 6.58 Å². The third kappa shape index (κ3) is 3.89. The van der Waals surface area contributed by atoms with Crippen molar-refractivity contribution in [2.75, 3.05) is 0 Å². The number of carbonyl (C=O) groups is 1. The van der Waals surface area contributed by atoms with Crippen molar-refractivity contribution in [2.45, 2.75) is 32.2 Å². The molecule has 0 radical (unpaired) electrons. The highest BCUT2D eigenvalue weighted by Crippen LogP contribution is 2.05. The lowest BCUT2D eigenvalue weighted by Crippen LogP contribution is -2.34. The Hall–Kier alpha value is -1.57. The normalized spacial score (nSPS) is 11.8. The van der Waals surface area contributed by atoms with Crippen LogP contribution in [-0.4, -0.2) is 11.9 Å². The van der Waals surface area contributed by atoms with Crippen molar-refractivity contribution in [3.63, 3.8) is 0 Å². The number of carbonyl (C=O) groups excluding carboxylic acids is 1. The zero-order chi connectivity index (χ0) is 11.8. The number of benzene rings is 1. The largest absolute Gasteiger partial charge is 0.349 e. The van der Waals surface area contributed by atoms with E-state index in [0.29, 0.717) is 5.56 Å². The van der Waals surface area contributed by atoms with Gasteiger partial charge in [0.15, 0.2) is 0 Å². The van der Waals surface area contributed by atoms with Gasteiger partial charge in [-0.1, -0.05) is 37.6 Å². The van der Waals surface area contributed by atoms with Crippen LogP contribution in [0.5, 0.6) is 0 Å². The molecule has 1 aromatic rings. The van der Waals surface area contributed by atoms with Gasteiger partial charge in [0, 0.05) is 11.6 Å². The topological polar surface area (TPSA) is 29.1 Å². The zero-order valence-corrected chi connectivity index (χ0v) is 9.78. The van der Waals surface area contributed by atoms with Gasteiger partial charge in [-0.05, 0) is 25.0 Å². The summed E-state index contributed by atoms with van der Waals surface area (Å²) in [5.41, 5.74) is 0.715. The van der Waals surface area contributed by atoms with Crippen LogP contribution in [-0.2, 0) is 0 Å². The molecule has 0 aliphatic rings. The van der Waals surface area contributed by atoms with Crippen LogP contribution in [0.3, 0.4) is 0 Å². The fourth-order valence-corrected chi connectivity index (χ4v) is 1.66. The van der Waals surface area contributed by atoms with Crippen molar-refractivity contribution < 1.29 is 4.79 Å². The Morgan fingerprint density at radius 2 is 2.12 bits per heavy atom. The minimum atomic E-state index is 0.000833. The summed E-state index contributed by atoms with van der Waals surface area (Å²) in [4.78, 5) is 11.9. The Morgan fingerprint density at radius 1 is 1.44 bits per heavy atom. The van der Waals surface area contributed by atoms with Gasteiger partial charge in [-0.25, -0.2) is 0 Å². The highest BCUT2D eigenvalue weighted by molar-refractivity contribution is 5.94. The van der Waals surface area contributed by atoms with Gasteiger partial charge >= 0.3 is 0 Å². The third-order valence-corrected chi connectivity index (χ3v) is 2.46. The maximum atomic E-state index is 11.9. The zero-order valence-electron chi connectivity index (χ0n) is 9.78. The standard InChI is InChI=1S/C14H19NO/c1-3-8-13(9-4-2)15-14(16)12-10-6-5-7-11-12/h3,5-7,10-11,13H,1,4,8-9H2,2H3,(H,15,16). The van der Waals surface area contributed by atoms with Crippen molar-refractivity contribution in [3.8, 4) is 0 Å². The van der Waals surface area contributed by atoms with E-state index in [9.17, 15) is 4.79 Å². The first-order valence-electron chi connectivity index (χ1n) is 5.74. The molecule has 16 heavy (non-hydrogen) atoms. The lowest BCUT2D eigenvalue weighted by molar-refractivity contribution is 0.0935. The van der Waals surface area contributed by atoms with Crippen LogP contribution >= 0.6 is 0 Å². The number of hydrogen-bond donors (Lipinski definition) is 1. The Morgan fingerprint density at radius 3 is 2.69 bits per heavy atom. The molecule has 0 spiro atoms. The highest BCUT2D eigenvalue weighted by atomic mass is 16.1. The summed E-state index contributed by atoms with van der Waals surface area (Å²) in [7, 11) is 0. The summed E-state index contributed by atoms with van der Waals surface area (Å²) in [6.45, 7) is 5.83. The molecule has 1 rings (SSSR count). The van der Waals surface area contributed by atoms with Gasteiger partial charge in [-0.3, -0.25) is 4.79 Å². The third-order valence-electron chi connectivity index (χ3n) is 2.46. The average molecular weight is 217 g/mol. The molecular weight excluding hydrogens is 198 g/mol. The Labute approximate surface area is 97.4 Å². The van der Waals surface area contributed by atoms with Crippen LogP contribution in [0.1, 0.15) is 36.5 Å². The first-order valence-corrected chi connectivity index (χ1v) is 5.74. The molecule has 0 fully saturated rings. The number of amides is 1. The monoisotopic (exact) mass is 217 g/mol. The Bertz CT molecular complexity index is 332. The molecule has 1 amide bonds. The van der Waals surface area contributed by atoms with Crippen LogP contribution in [0.4, 0.5) is 0 Å². The summed E-state index contributed by atoms with van der Waals surface area (Å²) >= 11 is 0. The van der Waals surface area contributed by atoms with Crippen LogP contribution < -0.4 is 5.32 Å². The van der Waals surface area contributed by atoms with Gasteiger partial charge in [0.1, 0.15) is 0 Å². The van der Waals surface area contributed by atoms with E-state index in [1.165, 1.54) is 0 Å². The number of hydrogen-bond acceptors (Lipinski definition) is 1. The molecule has 1 N–H and O–H groups in total. The second-order valence-electron chi connectivity index (χ2n) is 3.85. The van der Waals surface area contributed by atoms with Gasteiger partial charge in [-0.2, -0.15) is 0 Å². The summed E-state index contributed by atoms with van der Waals surface area (Å²) in [6.07, 6.45) is 4.73. The predicted octanol–water partition coefficient (Wildman–Crippen LogP) is 3.16. The predicted molar refractivity (Wildman–Crippen MR) is 67.4 cm³/mol. The average Bonchev–Trinajstić information content (AvgIpc) is 2.31. The van der Waals surface area contributed by atoms with E-state index in [0.717, 1.165) is 19.3 Å². The maximum Gasteiger partial charge on any atom is 0.251 e. The van der Waals surface area contributed by atoms with Crippen molar-refractivity contribution >= 4 is 5.91 Å². The number of nitrogens with one attached hydrogen (secondary N) is 1. The van der Waals surface area contributed by atoms with Crippen LogP contribution in [0, 0.1) is 0 Å². The van der Waals surface area contributed by atoms with E-state index in [1.54, 1.807) is 0 Å². The summed E-state index contributed by atoms with van der Waals surface area (Å²) in [5, 5.41) is 3.02. The first kappa shape index (κ1) is 12.5. The van der Waals surface area contributed by atoms with E-state index in [1.807, 2.05) is 36.4 Å². The van der Waals surface area contributed by atoms with Crippen LogP contribution in [0.25, 0.3) is 0 Å². The molecule has 0 saturated carbocycles. The molecule has 1 aromatic carbocycles. The second-order valence-corrected chi connectivity index (χ2v) is 3.85. The van der Waals surface area contributed by atoms with E-state index in [2.05, 4.69) is 18.8 Å². The molecule has 0 saturated heterocycles. The fraction of sp³-hybridized carbons (Fsp3) is 0.357. The van der Waals surface area contributed by atoms with Crippen LogP contribution in [0.2, 0.25) is 0 Å². The van der Waals surface area contributed by atoms with Crippen LogP contribution in [0.15, 0.2) is 43.0 Å². The van der Waals surface area contributed by atoms with E-state index < -0.39 is 0 Å². The summed E-state index contributed by atoms with van der Waals surface area (Å²) in [6, 6.07) is 9.51. The molecule has 1 unspecified atom stereocenters. The molecule has 0 bridgehead atoms. The lowest BCUT2D eigenvalue weighted by Gasteiger charge is -2.16. The van der Waals surface area contributed by atoms with Crippen molar-refractivity contribution in [2.24, 2.45) is 0 Å². The molecule has 0 heterocycles. The molecule has 0 aliphatic carbocycles. The summed E-state index contributed by atoms with van der Waals surface area (Å²) in [5.74, 6) is 0.000833. The van der Waals surface area contributed by atoms with E-state index in [-0.39, 0.29) is 11.9 Å². The molecular formula is C14H19NO. The second kappa shape index (κ2) is 6.83. The van der Waals surface area contributed by atoms with E-state index >= 15 is 0 Å².